The molecular weight excluding hydrogens is 500 g/mol. The molecule has 5 aromatic rings. The number of carbonyl (C=O) groups excluding carboxylic acids is 1. The van der Waals surface area contributed by atoms with Gasteiger partial charge in [0, 0.05) is 11.6 Å². The second-order valence-electron chi connectivity index (χ2n) is 9.55. The molecule has 0 unspecified atom stereocenters. The summed E-state index contributed by atoms with van der Waals surface area (Å²) in [5.41, 5.74) is 11.4. The number of aromatic nitrogens is 1. The van der Waals surface area contributed by atoms with Crippen LogP contribution in [0.4, 0.5) is 0 Å². The highest BCUT2D eigenvalue weighted by Gasteiger charge is 2.24. The molecule has 0 aliphatic heterocycles. The van der Waals surface area contributed by atoms with Gasteiger partial charge >= 0.3 is 0 Å². The number of nitrogens with zero attached hydrogens (tertiary/aromatic N) is 1. The zero-order chi connectivity index (χ0) is 27.7. The first kappa shape index (κ1) is 26.8. The van der Waals surface area contributed by atoms with E-state index in [9.17, 15) is 4.79 Å². The average molecular weight is 533 g/mol. The van der Waals surface area contributed by atoms with Crippen LogP contribution in [-0.2, 0) is 32.5 Å². The van der Waals surface area contributed by atoms with E-state index in [1.54, 1.807) is 0 Å². The van der Waals surface area contributed by atoms with E-state index in [1.165, 1.54) is 5.56 Å². The van der Waals surface area contributed by atoms with Crippen LogP contribution in [0, 0.1) is 0 Å². The molecule has 202 valence electrons. The third kappa shape index (κ3) is 6.41. The molecule has 2 N–H and O–H groups in total. The number of hydrogen-bond acceptors (Lipinski definition) is 5. The quantitative estimate of drug-likeness (QED) is 0.188. The number of hydrogen-bond donors (Lipinski definition) is 1. The minimum Gasteiger partial charge on any atom is -0.488 e. The molecule has 0 bridgehead atoms. The highest BCUT2D eigenvalue weighted by molar-refractivity contribution is 5.94. The van der Waals surface area contributed by atoms with Crippen LogP contribution < -0.4 is 15.2 Å². The van der Waals surface area contributed by atoms with Crippen molar-refractivity contribution < 1.29 is 18.8 Å². The maximum atomic E-state index is 12.1. The van der Waals surface area contributed by atoms with E-state index in [1.807, 2.05) is 97.9 Å². The molecule has 6 heteroatoms. The molecule has 0 aliphatic carbocycles. The normalized spacial score (nSPS) is 10.8. The number of benzene rings is 4. The summed E-state index contributed by atoms with van der Waals surface area (Å²) in [4.78, 5) is 12.1. The van der Waals surface area contributed by atoms with Gasteiger partial charge in [0.1, 0.15) is 24.7 Å². The maximum Gasteiger partial charge on any atom is 0.271 e. The summed E-state index contributed by atoms with van der Waals surface area (Å²) in [7, 11) is 0. The van der Waals surface area contributed by atoms with E-state index in [-0.39, 0.29) is 5.69 Å². The van der Waals surface area contributed by atoms with Crippen molar-refractivity contribution in [3.05, 3.63) is 137 Å². The fourth-order valence-electron chi connectivity index (χ4n) is 4.67. The summed E-state index contributed by atoms with van der Waals surface area (Å²) >= 11 is 0. The first-order valence-electron chi connectivity index (χ1n) is 13.5. The Hall–Kier alpha value is -4.84. The molecule has 0 spiro atoms. The van der Waals surface area contributed by atoms with Crippen molar-refractivity contribution in [3.63, 3.8) is 0 Å². The molecule has 1 aromatic heterocycles. The molecule has 0 saturated heterocycles. The molecule has 0 aliphatic rings. The fraction of sp³-hybridized carbons (Fsp3) is 0.176. The van der Waals surface area contributed by atoms with E-state index in [2.05, 4.69) is 17.3 Å². The smallest absolute Gasteiger partial charge is 0.271 e. The van der Waals surface area contributed by atoms with Gasteiger partial charge in [-0.15, -0.1) is 0 Å². The maximum absolute atomic E-state index is 12.1. The van der Waals surface area contributed by atoms with Crippen LogP contribution in [0.2, 0.25) is 0 Å². The lowest BCUT2D eigenvalue weighted by molar-refractivity contribution is 0.0991. The van der Waals surface area contributed by atoms with Crippen LogP contribution in [0.3, 0.4) is 0 Å². The van der Waals surface area contributed by atoms with Crippen LogP contribution in [0.15, 0.2) is 108 Å². The number of ether oxygens (including phenoxy) is 2. The number of carbonyl (C=O) groups is 1. The Kier molecular flexibility index (Phi) is 8.57. The molecule has 0 radical (unpaired) electrons. The van der Waals surface area contributed by atoms with Gasteiger partial charge in [0.25, 0.3) is 5.91 Å². The van der Waals surface area contributed by atoms with Crippen molar-refractivity contribution in [3.8, 4) is 22.8 Å². The van der Waals surface area contributed by atoms with Gasteiger partial charge in [0.2, 0.25) is 0 Å². The Bertz CT molecular complexity index is 1550. The van der Waals surface area contributed by atoms with Gasteiger partial charge in [-0.2, -0.15) is 0 Å². The lowest BCUT2D eigenvalue weighted by atomic mass is 9.97. The molecular formula is C34H32N2O4. The summed E-state index contributed by atoms with van der Waals surface area (Å²) in [6.07, 6.45) is 2.09. The zero-order valence-electron chi connectivity index (χ0n) is 22.5. The molecule has 1 heterocycles. The van der Waals surface area contributed by atoms with Crippen LogP contribution in [0.5, 0.6) is 11.5 Å². The molecule has 4 aromatic carbocycles. The highest BCUT2D eigenvalue weighted by atomic mass is 16.5. The molecule has 6 nitrogen and oxygen atoms in total. The van der Waals surface area contributed by atoms with E-state index in [0.717, 1.165) is 35.3 Å². The van der Waals surface area contributed by atoms with E-state index in [4.69, 9.17) is 19.7 Å². The molecule has 40 heavy (non-hydrogen) atoms. The Morgan fingerprint density at radius 1 is 0.750 bits per heavy atom. The molecule has 0 atom stereocenters. The number of aryl methyl sites for hydroxylation is 2. The van der Waals surface area contributed by atoms with Crippen LogP contribution in [0.25, 0.3) is 11.3 Å². The van der Waals surface area contributed by atoms with Crippen LogP contribution >= 0.6 is 0 Å². The minimum atomic E-state index is -0.620. The van der Waals surface area contributed by atoms with Crippen LogP contribution in [-0.4, -0.2) is 11.1 Å². The fourth-order valence-corrected chi connectivity index (χ4v) is 4.67. The number of nitrogens with two attached hydrogens (primary N) is 1. The van der Waals surface area contributed by atoms with Crippen molar-refractivity contribution in [2.24, 2.45) is 5.73 Å². The third-order valence-electron chi connectivity index (χ3n) is 6.78. The Balaban J connectivity index is 1.57. The first-order chi connectivity index (χ1) is 19.6. The lowest BCUT2D eigenvalue weighted by Crippen LogP contribution is -2.13. The van der Waals surface area contributed by atoms with Gasteiger partial charge < -0.3 is 19.7 Å². The van der Waals surface area contributed by atoms with Gasteiger partial charge in [-0.05, 0) is 47.6 Å². The summed E-state index contributed by atoms with van der Waals surface area (Å²) < 4.78 is 18.5. The monoisotopic (exact) mass is 532 g/mol. The number of amides is 1. The second kappa shape index (κ2) is 12.8. The Morgan fingerprint density at radius 3 is 1.85 bits per heavy atom. The molecule has 5 rings (SSSR count). The van der Waals surface area contributed by atoms with Gasteiger partial charge in [0.05, 0.1) is 5.56 Å². The first-order valence-corrected chi connectivity index (χ1v) is 13.5. The van der Waals surface area contributed by atoms with Gasteiger partial charge in [0.15, 0.2) is 11.5 Å². The summed E-state index contributed by atoms with van der Waals surface area (Å²) in [6, 6.07) is 34.3. The van der Waals surface area contributed by atoms with E-state index in [0.29, 0.717) is 42.3 Å². The third-order valence-corrected chi connectivity index (χ3v) is 6.78. The van der Waals surface area contributed by atoms with Crippen LogP contribution in [0.1, 0.15) is 45.2 Å². The Labute approximate surface area is 234 Å². The summed E-state index contributed by atoms with van der Waals surface area (Å²) in [5.74, 6) is 1.18. The summed E-state index contributed by atoms with van der Waals surface area (Å²) in [5, 5.41) is 4.01. The van der Waals surface area contributed by atoms with Crippen molar-refractivity contribution in [1.82, 2.24) is 5.16 Å². The predicted octanol–water partition coefficient (Wildman–Crippen LogP) is 6.95. The second-order valence-corrected chi connectivity index (χ2v) is 9.55. The SMILES string of the molecule is CCc1c(C(N)=O)noc1-c1cc(CCc2ccccc2)c(OCc2ccccc2)cc1OCc1ccccc1. The highest BCUT2D eigenvalue weighted by Crippen LogP contribution is 2.40. The van der Waals surface area contributed by atoms with Gasteiger partial charge in [-0.1, -0.05) is 103 Å². The van der Waals surface area contributed by atoms with E-state index < -0.39 is 5.91 Å². The van der Waals surface area contributed by atoms with Crippen molar-refractivity contribution in [2.75, 3.05) is 0 Å². The minimum absolute atomic E-state index is 0.141. The molecule has 0 fully saturated rings. The van der Waals surface area contributed by atoms with Crippen molar-refractivity contribution >= 4 is 5.91 Å². The van der Waals surface area contributed by atoms with Crippen molar-refractivity contribution in [1.29, 1.82) is 0 Å². The standard InChI is InChI=1S/C34H32N2O4/c1-2-28-32(34(35)37)36-40-33(28)29-20-27(19-18-24-12-6-3-7-13-24)30(38-22-25-14-8-4-9-15-25)21-31(29)39-23-26-16-10-5-11-17-26/h3-17,20-21H,2,18-19,22-23H2,1H3,(H2,35,37). The topological polar surface area (TPSA) is 87.6 Å². The predicted molar refractivity (Wildman–Crippen MR) is 155 cm³/mol. The Morgan fingerprint density at radius 2 is 1.30 bits per heavy atom. The van der Waals surface area contributed by atoms with Crippen molar-refractivity contribution in [2.45, 2.75) is 39.4 Å². The number of rotatable bonds is 12. The largest absolute Gasteiger partial charge is 0.488 e. The lowest BCUT2D eigenvalue weighted by Gasteiger charge is -2.18. The van der Waals surface area contributed by atoms with Gasteiger partial charge in [-0.3, -0.25) is 4.79 Å². The zero-order valence-corrected chi connectivity index (χ0v) is 22.5. The van der Waals surface area contributed by atoms with Gasteiger partial charge in [-0.25, -0.2) is 0 Å². The average Bonchev–Trinajstić information content (AvgIpc) is 3.44. The van der Waals surface area contributed by atoms with E-state index >= 15 is 0 Å². The summed E-state index contributed by atoms with van der Waals surface area (Å²) in [6.45, 7) is 2.72. The number of primary amides is 1. The molecule has 1 amide bonds. The molecule has 0 saturated carbocycles.